The van der Waals surface area contributed by atoms with Crippen molar-refractivity contribution in [2.75, 3.05) is 5.88 Å². The van der Waals surface area contributed by atoms with Gasteiger partial charge >= 0.3 is 5.97 Å². The summed E-state index contributed by atoms with van der Waals surface area (Å²) in [6, 6.07) is 4.88. The van der Waals surface area contributed by atoms with Crippen molar-refractivity contribution in [1.29, 1.82) is 0 Å². The Kier molecular flexibility index (Phi) is 5.04. The molecule has 2 aliphatic rings. The molecule has 0 amide bonds. The molecule has 1 N–H and O–H groups in total. The number of aliphatic hydroxyl groups is 1. The van der Waals surface area contributed by atoms with Gasteiger partial charge in [0.1, 0.15) is 12.4 Å². The zero-order valence-corrected chi connectivity index (χ0v) is 18.8. The molecule has 0 aliphatic carbocycles. The lowest BCUT2D eigenvalue weighted by Gasteiger charge is -2.31. The molecule has 2 aromatic heterocycles. The Labute approximate surface area is 194 Å². The minimum Gasteiger partial charge on any atom is -0.458 e. The minimum atomic E-state index is -1.89. The first-order valence-corrected chi connectivity index (χ1v) is 11.2. The number of hydrogen-bond donors (Lipinski definition) is 1. The summed E-state index contributed by atoms with van der Waals surface area (Å²) in [7, 11) is 0. The van der Waals surface area contributed by atoms with Crippen LogP contribution in [0.3, 0.4) is 0 Å². The molecular formula is C25H20ClFN2O4. The molecule has 0 saturated carbocycles. The van der Waals surface area contributed by atoms with E-state index in [0.29, 0.717) is 45.7 Å². The van der Waals surface area contributed by atoms with Crippen molar-refractivity contribution < 1.29 is 19.0 Å². The molecule has 0 radical (unpaired) electrons. The zero-order chi connectivity index (χ0) is 23.5. The van der Waals surface area contributed by atoms with E-state index < -0.39 is 17.4 Å². The van der Waals surface area contributed by atoms with Gasteiger partial charge in [-0.25, -0.2) is 14.2 Å². The van der Waals surface area contributed by atoms with E-state index in [-0.39, 0.29) is 36.3 Å². The highest BCUT2D eigenvalue weighted by Crippen LogP contribution is 2.39. The van der Waals surface area contributed by atoms with Crippen LogP contribution < -0.4 is 5.56 Å². The number of halogens is 2. The second kappa shape index (κ2) is 7.68. The predicted molar refractivity (Wildman–Crippen MR) is 121 cm³/mol. The van der Waals surface area contributed by atoms with Crippen LogP contribution in [-0.4, -0.2) is 26.5 Å². The summed E-state index contributed by atoms with van der Waals surface area (Å²) in [4.78, 5) is 30.2. The van der Waals surface area contributed by atoms with E-state index in [4.69, 9.17) is 16.3 Å². The summed E-state index contributed by atoms with van der Waals surface area (Å²) >= 11 is 5.72. The summed E-state index contributed by atoms with van der Waals surface area (Å²) in [6.45, 7) is 3.40. The number of hydrogen-bond acceptors (Lipinski definition) is 5. The number of pyridine rings is 2. The molecule has 0 saturated heterocycles. The van der Waals surface area contributed by atoms with Gasteiger partial charge in [-0.3, -0.25) is 4.79 Å². The summed E-state index contributed by atoms with van der Waals surface area (Å²) in [6.07, 6.45) is 0.541. The molecule has 0 spiro atoms. The average Bonchev–Trinajstić information content (AvgIpc) is 3.16. The van der Waals surface area contributed by atoms with Gasteiger partial charge in [0.25, 0.3) is 5.56 Å². The monoisotopic (exact) mass is 466 g/mol. The number of alkyl halides is 1. The third-order valence-corrected chi connectivity index (χ3v) is 6.63. The van der Waals surface area contributed by atoms with Crippen LogP contribution >= 0.6 is 11.6 Å². The van der Waals surface area contributed by atoms with Gasteiger partial charge in [-0.2, -0.15) is 0 Å². The zero-order valence-electron chi connectivity index (χ0n) is 18.1. The van der Waals surface area contributed by atoms with Crippen molar-refractivity contribution in [3.05, 3.63) is 62.2 Å². The van der Waals surface area contributed by atoms with Crippen molar-refractivity contribution in [2.24, 2.45) is 0 Å². The highest BCUT2D eigenvalue weighted by Gasteiger charge is 2.45. The van der Waals surface area contributed by atoms with E-state index >= 15 is 0 Å². The number of nitrogens with zero attached hydrogens (tertiary/aromatic N) is 2. The van der Waals surface area contributed by atoms with Crippen LogP contribution in [0.25, 0.3) is 22.3 Å². The second-order valence-electron chi connectivity index (χ2n) is 8.27. The van der Waals surface area contributed by atoms with E-state index in [2.05, 4.69) is 16.8 Å². The Bertz CT molecular complexity index is 1480. The fraction of sp³-hybridized carbons (Fsp3) is 0.320. The van der Waals surface area contributed by atoms with Crippen LogP contribution in [0.5, 0.6) is 0 Å². The van der Waals surface area contributed by atoms with Gasteiger partial charge < -0.3 is 14.4 Å². The number of carbonyl (C=O) groups is 1. The molecule has 0 bridgehead atoms. The Morgan fingerprint density at radius 3 is 2.85 bits per heavy atom. The van der Waals surface area contributed by atoms with Crippen molar-refractivity contribution in [2.45, 2.75) is 45.4 Å². The van der Waals surface area contributed by atoms with Crippen molar-refractivity contribution >= 4 is 28.5 Å². The Morgan fingerprint density at radius 1 is 1.33 bits per heavy atom. The topological polar surface area (TPSA) is 81.4 Å². The van der Waals surface area contributed by atoms with Gasteiger partial charge in [-0.05, 0) is 25.5 Å². The number of ether oxygens (including phenoxy) is 1. The van der Waals surface area contributed by atoms with Crippen LogP contribution in [0.4, 0.5) is 4.39 Å². The maximum absolute atomic E-state index is 14.7. The van der Waals surface area contributed by atoms with Gasteiger partial charge in [0.05, 0.1) is 29.0 Å². The number of esters is 1. The molecule has 2 aliphatic heterocycles. The number of rotatable bonds is 2. The lowest BCUT2D eigenvalue weighted by atomic mass is 9.86. The number of cyclic esters (lactones) is 1. The molecule has 1 atom stereocenters. The first kappa shape index (κ1) is 21.6. The lowest BCUT2D eigenvalue weighted by molar-refractivity contribution is -0.172. The Balaban J connectivity index is 1.76. The highest BCUT2D eigenvalue weighted by molar-refractivity contribution is 6.18. The number of aromatic nitrogens is 2. The van der Waals surface area contributed by atoms with Crippen LogP contribution in [0.2, 0.25) is 0 Å². The maximum atomic E-state index is 14.7. The smallest absolute Gasteiger partial charge is 0.343 e. The first-order chi connectivity index (χ1) is 15.8. The van der Waals surface area contributed by atoms with Crippen molar-refractivity contribution in [3.8, 4) is 23.2 Å². The molecule has 33 heavy (non-hydrogen) atoms. The summed E-state index contributed by atoms with van der Waals surface area (Å²) < 4.78 is 21.3. The lowest BCUT2D eigenvalue weighted by Crippen LogP contribution is -2.44. The molecule has 3 aromatic rings. The SMILES string of the molecule is CC[C@@]1(O)C(=O)OCc2c1cc1n(c2=O)Cc2cc3c(C#CCCCl)c(C)c(F)cc3nc2-1. The van der Waals surface area contributed by atoms with E-state index in [1.165, 1.54) is 6.07 Å². The van der Waals surface area contributed by atoms with Crippen LogP contribution in [0.1, 0.15) is 47.6 Å². The summed E-state index contributed by atoms with van der Waals surface area (Å²) in [5.74, 6) is 5.16. The Hall–Kier alpha value is -3.21. The quantitative estimate of drug-likeness (QED) is 0.278. The summed E-state index contributed by atoms with van der Waals surface area (Å²) in [5.41, 5.74) is 1.44. The van der Waals surface area contributed by atoms with Crippen molar-refractivity contribution in [3.63, 3.8) is 0 Å². The van der Waals surface area contributed by atoms with Crippen LogP contribution in [-0.2, 0) is 28.3 Å². The number of fused-ring (bicyclic) bond motifs is 5. The van der Waals surface area contributed by atoms with Crippen LogP contribution in [0, 0.1) is 24.6 Å². The molecule has 4 heterocycles. The van der Waals surface area contributed by atoms with Crippen LogP contribution in [0.15, 0.2) is 23.0 Å². The largest absolute Gasteiger partial charge is 0.458 e. The van der Waals surface area contributed by atoms with Crippen molar-refractivity contribution in [1.82, 2.24) is 9.55 Å². The third kappa shape index (κ3) is 3.09. The molecule has 0 fully saturated rings. The average molecular weight is 467 g/mol. The Morgan fingerprint density at radius 2 is 2.12 bits per heavy atom. The van der Waals surface area contributed by atoms with Gasteiger partial charge in [0, 0.05) is 46.0 Å². The molecular weight excluding hydrogens is 447 g/mol. The molecule has 1 aromatic carbocycles. The normalized spacial score (nSPS) is 18.3. The van der Waals surface area contributed by atoms with Gasteiger partial charge in [-0.1, -0.05) is 18.8 Å². The molecule has 0 unspecified atom stereocenters. The summed E-state index contributed by atoms with van der Waals surface area (Å²) in [5, 5.41) is 11.7. The second-order valence-corrected chi connectivity index (χ2v) is 8.64. The van der Waals surface area contributed by atoms with E-state index in [9.17, 15) is 19.1 Å². The predicted octanol–water partition coefficient (Wildman–Crippen LogP) is 3.51. The molecule has 168 valence electrons. The first-order valence-electron chi connectivity index (χ1n) is 10.6. The van der Waals surface area contributed by atoms with E-state index in [1.807, 2.05) is 6.07 Å². The third-order valence-electron chi connectivity index (χ3n) is 6.44. The fourth-order valence-corrected chi connectivity index (χ4v) is 4.65. The van der Waals surface area contributed by atoms with Gasteiger partial charge in [0.2, 0.25) is 0 Å². The van der Waals surface area contributed by atoms with E-state index in [0.717, 1.165) is 5.56 Å². The van der Waals surface area contributed by atoms with Gasteiger partial charge in [-0.15, -0.1) is 11.6 Å². The van der Waals surface area contributed by atoms with Gasteiger partial charge in [0.15, 0.2) is 5.60 Å². The molecule has 8 heteroatoms. The molecule has 6 nitrogen and oxygen atoms in total. The number of carbonyl (C=O) groups excluding carboxylic acids is 1. The number of benzene rings is 1. The highest BCUT2D eigenvalue weighted by atomic mass is 35.5. The molecule has 5 rings (SSSR count). The van der Waals surface area contributed by atoms with E-state index in [1.54, 1.807) is 24.5 Å². The standard InChI is InChI=1S/C25H20ClFN2O4/c1-3-25(32)18-9-21-22-14(11-29(21)23(30)17(18)12-33-24(25)31)8-16-15(6-4-5-7-26)13(2)19(27)10-20(16)28-22/h8-10,32H,3,5,7,11-12H2,1-2H3/t25-/m0/s1. The minimum absolute atomic E-state index is 0.0640. The fourth-order valence-electron chi connectivity index (χ4n) is 4.55. The maximum Gasteiger partial charge on any atom is 0.343 e.